The van der Waals surface area contributed by atoms with Crippen LogP contribution in [0.2, 0.25) is 0 Å². The molecule has 0 amide bonds. The van der Waals surface area contributed by atoms with Crippen LogP contribution in [0.4, 0.5) is 10.1 Å². The van der Waals surface area contributed by atoms with Gasteiger partial charge in [-0.05, 0) is 46.3 Å². The molecule has 0 aliphatic heterocycles. The Bertz CT molecular complexity index is 499. The van der Waals surface area contributed by atoms with Crippen LogP contribution in [0.3, 0.4) is 0 Å². The second kappa shape index (κ2) is 4.84. The van der Waals surface area contributed by atoms with Crippen molar-refractivity contribution in [2.75, 3.05) is 5.73 Å². The maximum absolute atomic E-state index is 13.1. The molecule has 0 fully saturated rings. The number of anilines is 1. The Kier molecular flexibility index (Phi) is 3.46. The fourth-order valence-corrected chi connectivity index (χ4v) is 2.57. The molecule has 0 atom stereocenters. The number of aromatic nitrogens is 1. The van der Waals surface area contributed by atoms with E-state index < -0.39 is 0 Å². The van der Waals surface area contributed by atoms with E-state index in [9.17, 15) is 4.39 Å². The van der Waals surface area contributed by atoms with Gasteiger partial charge in [0.15, 0.2) is 0 Å². The Morgan fingerprint density at radius 3 is 2.81 bits per heavy atom. The molecule has 0 aliphatic carbocycles. The molecule has 0 radical (unpaired) electrons. The summed E-state index contributed by atoms with van der Waals surface area (Å²) < 4.78 is 14.0. The zero-order valence-electron chi connectivity index (χ0n) is 8.15. The van der Waals surface area contributed by atoms with Crippen LogP contribution in [0.15, 0.2) is 50.9 Å². The fourth-order valence-electron chi connectivity index (χ4n) is 1.20. The number of nitrogens with two attached hydrogens (primary N) is 1. The van der Waals surface area contributed by atoms with E-state index >= 15 is 0 Å². The van der Waals surface area contributed by atoms with E-state index in [0.717, 1.165) is 14.4 Å². The quantitative estimate of drug-likeness (QED) is 0.859. The Labute approximate surface area is 105 Å². The van der Waals surface area contributed by atoms with E-state index in [4.69, 9.17) is 5.73 Å². The largest absolute Gasteiger partial charge is 0.399 e. The van der Waals surface area contributed by atoms with Gasteiger partial charge in [0.05, 0.1) is 4.47 Å². The summed E-state index contributed by atoms with van der Waals surface area (Å²) in [5, 5.41) is 0.785. The number of nitrogens with zero attached hydrogens (tertiary/aromatic N) is 1. The molecule has 1 aromatic carbocycles. The van der Waals surface area contributed by atoms with Gasteiger partial charge in [0.25, 0.3) is 0 Å². The molecule has 0 saturated carbocycles. The average Bonchev–Trinajstić information content (AvgIpc) is 2.20. The van der Waals surface area contributed by atoms with Gasteiger partial charge in [-0.15, -0.1) is 0 Å². The molecule has 0 bridgehead atoms. The molecule has 16 heavy (non-hydrogen) atoms. The Morgan fingerprint density at radius 2 is 2.12 bits per heavy atom. The summed E-state index contributed by atoms with van der Waals surface area (Å²) in [4.78, 5) is 4.92. The topological polar surface area (TPSA) is 38.9 Å². The molecule has 2 rings (SSSR count). The monoisotopic (exact) mass is 298 g/mol. The molecule has 1 heterocycles. The van der Waals surface area contributed by atoms with E-state index in [1.807, 2.05) is 12.1 Å². The highest BCUT2D eigenvalue weighted by Crippen LogP contribution is 2.32. The van der Waals surface area contributed by atoms with Gasteiger partial charge in [-0.25, -0.2) is 9.37 Å². The SMILES string of the molecule is Nc1cc(F)cc(Sc2ncccc2Br)c1. The van der Waals surface area contributed by atoms with Crippen LogP contribution in [0.5, 0.6) is 0 Å². The zero-order valence-corrected chi connectivity index (χ0v) is 10.6. The van der Waals surface area contributed by atoms with Crippen LogP contribution in [0.25, 0.3) is 0 Å². The van der Waals surface area contributed by atoms with Crippen molar-refractivity contribution in [1.29, 1.82) is 0 Å². The lowest BCUT2D eigenvalue weighted by Gasteiger charge is -2.04. The first kappa shape index (κ1) is 11.4. The Balaban J connectivity index is 2.30. The molecular weight excluding hydrogens is 291 g/mol. The summed E-state index contributed by atoms with van der Waals surface area (Å²) in [6.45, 7) is 0. The van der Waals surface area contributed by atoms with E-state index in [1.165, 1.54) is 23.9 Å². The van der Waals surface area contributed by atoms with Crippen molar-refractivity contribution < 1.29 is 4.39 Å². The van der Waals surface area contributed by atoms with Crippen LogP contribution < -0.4 is 5.73 Å². The minimum absolute atomic E-state index is 0.338. The zero-order chi connectivity index (χ0) is 11.5. The van der Waals surface area contributed by atoms with Crippen LogP contribution in [-0.2, 0) is 0 Å². The third kappa shape index (κ3) is 2.74. The third-order valence-corrected chi connectivity index (χ3v) is 3.73. The predicted molar refractivity (Wildman–Crippen MR) is 66.9 cm³/mol. The highest BCUT2D eigenvalue weighted by molar-refractivity contribution is 9.10. The molecule has 0 aliphatic rings. The van der Waals surface area contributed by atoms with Crippen LogP contribution in [-0.4, -0.2) is 4.98 Å². The van der Waals surface area contributed by atoms with Crippen LogP contribution in [0, 0.1) is 5.82 Å². The smallest absolute Gasteiger partial charge is 0.126 e. The van der Waals surface area contributed by atoms with Crippen molar-refractivity contribution in [1.82, 2.24) is 4.98 Å². The van der Waals surface area contributed by atoms with Crippen LogP contribution >= 0.6 is 27.7 Å². The van der Waals surface area contributed by atoms with E-state index in [0.29, 0.717) is 5.69 Å². The first-order chi connectivity index (χ1) is 7.65. The van der Waals surface area contributed by atoms with Crippen molar-refractivity contribution in [2.24, 2.45) is 0 Å². The summed E-state index contributed by atoms with van der Waals surface area (Å²) >= 11 is 4.75. The van der Waals surface area contributed by atoms with Crippen molar-refractivity contribution >= 4 is 33.4 Å². The van der Waals surface area contributed by atoms with Crippen molar-refractivity contribution in [2.45, 2.75) is 9.92 Å². The van der Waals surface area contributed by atoms with Gasteiger partial charge >= 0.3 is 0 Å². The minimum atomic E-state index is -0.338. The van der Waals surface area contributed by atoms with E-state index in [2.05, 4.69) is 20.9 Å². The molecule has 2 N–H and O–H groups in total. The second-order valence-electron chi connectivity index (χ2n) is 3.11. The number of benzene rings is 1. The lowest BCUT2D eigenvalue weighted by atomic mass is 10.3. The van der Waals surface area contributed by atoms with Gasteiger partial charge in [-0.1, -0.05) is 11.8 Å². The molecular formula is C11H8BrFN2S. The average molecular weight is 299 g/mol. The molecule has 2 aromatic rings. The number of halogens is 2. The standard InChI is InChI=1S/C11H8BrFN2S/c12-10-2-1-3-15-11(10)16-9-5-7(13)4-8(14)6-9/h1-6H,14H2. The lowest BCUT2D eigenvalue weighted by Crippen LogP contribution is -1.88. The van der Waals surface area contributed by atoms with E-state index in [-0.39, 0.29) is 5.82 Å². The molecule has 0 unspecified atom stereocenters. The van der Waals surface area contributed by atoms with Crippen molar-refractivity contribution in [3.05, 3.63) is 46.8 Å². The molecule has 82 valence electrons. The minimum Gasteiger partial charge on any atom is -0.399 e. The number of nitrogen functional groups attached to an aromatic ring is 1. The summed E-state index contributed by atoms with van der Waals surface area (Å²) in [5.74, 6) is -0.338. The molecule has 2 nitrogen and oxygen atoms in total. The maximum Gasteiger partial charge on any atom is 0.126 e. The fraction of sp³-hybridized carbons (Fsp3) is 0. The summed E-state index contributed by atoms with van der Waals surface area (Å²) in [6.07, 6.45) is 1.69. The number of pyridine rings is 1. The highest BCUT2D eigenvalue weighted by atomic mass is 79.9. The van der Waals surface area contributed by atoms with Gasteiger partial charge in [0.1, 0.15) is 10.8 Å². The van der Waals surface area contributed by atoms with Crippen molar-refractivity contribution in [3.8, 4) is 0 Å². The van der Waals surface area contributed by atoms with Crippen LogP contribution in [0.1, 0.15) is 0 Å². The number of hydrogen-bond donors (Lipinski definition) is 1. The maximum atomic E-state index is 13.1. The first-order valence-corrected chi connectivity index (χ1v) is 6.10. The molecule has 0 spiro atoms. The normalized spacial score (nSPS) is 10.4. The third-order valence-electron chi connectivity index (χ3n) is 1.83. The number of hydrogen-bond acceptors (Lipinski definition) is 3. The molecule has 0 saturated heterocycles. The Hall–Kier alpha value is -1.07. The van der Waals surface area contributed by atoms with E-state index in [1.54, 1.807) is 12.3 Å². The number of rotatable bonds is 2. The van der Waals surface area contributed by atoms with Gasteiger partial charge < -0.3 is 5.73 Å². The lowest BCUT2D eigenvalue weighted by molar-refractivity contribution is 0.625. The highest BCUT2D eigenvalue weighted by Gasteiger charge is 2.05. The van der Waals surface area contributed by atoms with Gasteiger partial charge in [-0.3, -0.25) is 0 Å². The predicted octanol–water partition coefficient (Wildman–Crippen LogP) is 3.72. The van der Waals surface area contributed by atoms with Gasteiger partial charge in [0, 0.05) is 16.8 Å². The van der Waals surface area contributed by atoms with Gasteiger partial charge in [0.2, 0.25) is 0 Å². The molecule has 5 heteroatoms. The second-order valence-corrected chi connectivity index (χ2v) is 5.03. The molecule has 1 aromatic heterocycles. The summed E-state index contributed by atoms with van der Waals surface area (Å²) in [5.41, 5.74) is 5.98. The summed E-state index contributed by atoms with van der Waals surface area (Å²) in [6, 6.07) is 8.15. The Morgan fingerprint density at radius 1 is 1.31 bits per heavy atom. The summed E-state index contributed by atoms with van der Waals surface area (Å²) in [7, 11) is 0. The van der Waals surface area contributed by atoms with Gasteiger partial charge in [-0.2, -0.15) is 0 Å². The van der Waals surface area contributed by atoms with Crippen molar-refractivity contribution in [3.63, 3.8) is 0 Å². The first-order valence-electron chi connectivity index (χ1n) is 4.49.